The van der Waals surface area contributed by atoms with Gasteiger partial charge in [0.15, 0.2) is 0 Å². The average Bonchev–Trinajstić information content (AvgIpc) is 3.06. The molecule has 6 heteroatoms. The van der Waals surface area contributed by atoms with Crippen LogP contribution in [-0.4, -0.2) is 46.1 Å². The summed E-state index contributed by atoms with van der Waals surface area (Å²) in [6, 6.07) is 7.57. The molecule has 0 aliphatic heterocycles. The van der Waals surface area contributed by atoms with Crippen LogP contribution in [0.25, 0.3) is 0 Å². The van der Waals surface area contributed by atoms with E-state index >= 15 is 0 Å². The number of hydrogen-bond acceptors (Lipinski definition) is 4. The Morgan fingerprint density at radius 2 is 2.14 bits per heavy atom. The summed E-state index contributed by atoms with van der Waals surface area (Å²) in [7, 11) is 1.62. The number of hydrogen-bond donors (Lipinski definition) is 2. The summed E-state index contributed by atoms with van der Waals surface area (Å²) < 4.78 is 5.12. The van der Waals surface area contributed by atoms with Crippen molar-refractivity contribution in [2.75, 3.05) is 20.3 Å². The number of imidazole rings is 1. The first kappa shape index (κ1) is 16.0. The van der Waals surface area contributed by atoms with Gasteiger partial charge in [-0.3, -0.25) is 4.79 Å². The molecular formula is C16H21N3O3. The molecule has 1 aromatic carbocycles. The van der Waals surface area contributed by atoms with E-state index in [9.17, 15) is 4.79 Å². The zero-order chi connectivity index (χ0) is 15.8. The molecule has 1 aromatic heterocycles. The van der Waals surface area contributed by atoms with E-state index in [-0.39, 0.29) is 12.5 Å². The molecule has 0 aliphatic rings. The first-order chi connectivity index (χ1) is 10.7. The van der Waals surface area contributed by atoms with E-state index in [4.69, 9.17) is 9.84 Å². The molecule has 0 fully saturated rings. The van der Waals surface area contributed by atoms with Gasteiger partial charge in [-0.25, -0.2) is 4.98 Å². The molecule has 2 N–H and O–H groups in total. The predicted octanol–water partition coefficient (Wildman–Crippen LogP) is 1.37. The summed E-state index contributed by atoms with van der Waals surface area (Å²) in [6.07, 6.45) is 4.32. The second-order valence-corrected chi connectivity index (χ2v) is 4.96. The van der Waals surface area contributed by atoms with Gasteiger partial charge in [-0.05, 0) is 24.1 Å². The summed E-state index contributed by atoms with van der Waals surface area (Å²) in [6.45, 7) is 0.756. The SMILES string of the molecule is COc1ccc(CN(CCO)C(=O)CCc2cnc[nH]2)cc1. The van der Waals surface area contributed by atoms with E-state index in [2.05, 4.69) is 9.97 Å². The van der Waals surface area contributed by atoms with Gasteiger partial charge < -0.3 is 19.7 Å². The molecule has 22 heavy (non-hydrogen) atoms. The van der Waals surface area contributed by atoms with Crippen molar-refractivity contribution in [2.24, 2.45) is 0 Å². The molecule has 1 amide bonds. The second kappa shape index (κ2) is 8.19. The largest absolute Gasteiger partial charge is 0.497 e. The number of methoxy groups -OCH3 is 1. The number of aliphatic hydroxyl groups excluding tert-OH is 1. The van der Waals surface area contributed by atoms with Gasteiger partial charge in [0, 0.05) is 31.4 Å². The molecule has 0 aliphatic carbocycles. The molecular weight excluding hydrogens is 282 g/mol. The number of amides is 1. The van der Waals surface area contributed by atoms with Crippen LogP contribution in [0.4, 0.5) is 0 Å². The Morgan fingerprint density at radius 3 is 2.73 bits per heavy atom. The topological polar surface area (TPSA) is 78.5 Å². The summed E-state index contributed by atoms with van der Waals surface area (Å²) in [5.41, 5.74) is 1.94. The summed E-state index contributed by atoms with van der Waals surface area (Å²) >= 11 is 0. The maximum Gasteiger partial charge on any atom is 0.223 e. The van der Waals surface area contributed by atoms with Crippen LogP contribution in [0.5, 0.6) is 5.75 Å². The van der Waals surface area contributed by atoms with E-state index < -0.39 is 0 Å². The van der Waals surface area contributed by atoms with E-state index in [1.54, 1.807) is 24.5 Å². The summed E-state index contributed by atoms with van der Waals surface area (Å²) in [4.78, 5) is 20.9. The van der Waals surface area contributed by atoms with Gasteiger partial charge in [-0.15, -0.1) is 0 Å². The minimum Gasteiger partial charge on any atom is -0.497 e. The van der Waals surface area contributed by atoms with Crippen LogP contribution in [0.1, 0.15) is 17.7 Å². The van der Waals surface area contributed by atoms with Crippen LogP contribution >= 0.6 is 0 Å². The van der Waals surface area contributed by atoms with Crippen molar-refractivity contribution in [2.45, 2.75) is 19.4 Å². The molecule has 0 saturated carbocycles. The number of ether oxygens (including phenoxy) is 1. The van der Waals surface area contributed by atoms with Gasteiger partial charge >= 0.3 is 0 Å². The van der Waals surface area contributed by atoms with Crippen molar-refractivity contribution in [3.63, 3.8) is 0 Å². The number of aromatic amines is 1. The fourth-order valence-electron chi connectivity index (χ4n) is 2.19. The quantitative estimate of drug-likeness (QED) is 0.772. The number of carbonyl (C=O) groups is 1. The minimum atomic E-state index is -0.0497. The highest BCUT2D eigenvalue weighted by atomic mass is 16.5. The zero-order valence-corrected chi connectivity index (χ0v) is 12.7. The van der Waals surface area contributed by atoms with Crippen molar-refractivity contribution < 1.29 is 14.6 Å². The number of aryl methyl sites for hydroxylation is 1. The Balaban J connectivity index is 1.93. The second-order valence-electron chi connectivity index (χ2n) is 4.96. The van der Waals surface area contributed by atoms with Crippen LogP contribution < -0.4 is 4.74 Å². The molecule has 2 aromatic rings. The zero-order valence-electron chi connectivity index (χ0n) is 12.7. The van der Waals surface area contributed by atoms with E-state index in [1.807, 2.05) is 24.3 Å². The lowest BCUT2D eigenvalue weighted by molar-refractivity contribution is -0.132. The highest BCUT2D eigenvalue weighted by molar-refractivity contribution is 5.76. The molecule has 0 atom stereocenters. The van der Waals surface area contributed by atoms with Gasteiger partial charge in [0.2, 0.25) is 5.91 Å². The fourth-order valence-corrected chi connectivity index (χ4v) is 2.19. The third-order valence-corrected chi connectivity index (χ3v) is 3.42. The first-order valence-corrected chi connectivity index (χ1v) is 7.21. The van der Waals surface area contributed by atoms with Crippen LogP contribution in [0, 0.1) is 0 Å². The highest BCUT2D eigenvalue weighted by Gasteiger charge is 2.14. The number of H-pyrrole nitrogens is 1. The number of nitrogens with zero attached hydrogens (tertiary/aromatic N) is 2. The Morgan fingerprint density at radius 1 is 1.36 bits per heavy atom. The molecule has 2 rings (SSSR count). The molecule has 1 heterocycles. The third-order valence-electron chi connectivity index (χ3n) is 3.42. The maximum absolute atomic E-state index is 12.3. The van der Waals surface area contributed by atoms with Crippen LogP contribution in [0.15, 0.2) is 36.8 Å². The number of carbonyl (C=O) groups excluding carboxylic acids is 1. The van der Waals surface area contributed by atoms with Crippen molar-refractivity contribution in [3.05, 3.63) is 48.0 Å². The lowest BCUT2D eigenvalue weighted by Crippen LogP contribution is -2.33. The van der Waals surface area contributed by atoms with Gasteiger partial charge in [-0.1, -0.05) is 12.1 Å². The number of rotatable bonds is 8. The summed E-state index contributed by atoms with van der Waals surface area (Å²) in [5.74, 6) is 0.794. The van der Waals surface area contributed by atoms with Gasteiger partial charge in [-0.2, -0.15) is 0 Å². The summed E-state index contributed by atoms with van der Waals surface area (Å²) in [5, 5.41) is 9.17. The fraction of sp³-hybridized carbons (Fsp3) is 0.375. The monoisotopic (exact) mass is 303 g/mol. The molecule has 0 radical (unpaired) electrons. The number of aromatic nitrogens is 2. The molecule has 6 nitrogen and oxygen atoms in total. The van der Waals surface area contributed by atoms with E-state index in [0.29, 0.717) is 25.9 Å². The van der Waals surface area contributed by atoms with Crippen LogP contribution in [0.3, 0.4) is 0 Å². The third kappa shape index (κ3) is 4.60. The molecule has 0 bridgehead atoms. The first-order valence-electron chi connectivity index (χ1n) is 7.21. The predicted molar refractivity (Wildman–Crippen MR) is 82.4 cm³/mol. The maximum atomic E-state index is 12.3. The standard InChI is InChI=1S/C16H21N3O3/c1-22-15-5-2-13(3-6-15)11-19(8-9-20)16(21)7-4-14-10-17-12-18-14/h2-3,5-6,10,12,20H,4,7-9,11H2,1H3,(H,17,18). The Kier molecular flexibility index (Phi) is 5.97. The van der Waals surface area contributed by atoms with Crippen molar-refractivity contribution in [1.82, 2.24) is 14.9 Å². The van der Waals surface area contributed by atoms with Crippen molar-refractivity contribution in [3.8, 4) is 5.75 Å². The molecule has 0 saturated heterocycles. The number of nitrogens with one attached hydrogen (secondary N) is 1. The lowest BCUT2D eigenvalue weighted by atomic mass is 10.1. The van der Waals surface area contributed by atoms with Crippen LogP contribution in [0.2, 0.25) is 0 Å². The van der Waals surface area contributed by atoms with Crippen LogP contribution in [-0.2, 0) is 17.8 Å². The van der Waals surface area contributed by atoms with E-state index in [0.717, 1.165) is 17.0 Å². The minimum absolute atomic E-state index is 0.0134. The highest BCUT2D eigenvalue weighted by Crippen LogP contribution is 2.14. The molecule has 0 unspecified atom stereocenters. The van der Waals surface area contributed by atoms with Crippen molar-refractivity contribution >= 4 is 5.91 Å². The Hall–Kier alpha value is -2.34. The van der Waals surface area contributed by atoms with Gasteiger partial charge in [0.25, 0.3) is 0 Å². The Bertz CT molecular complexity index is 567. The van der Waals surface area contributed by atoms with Crippen molar-refractivity contribution in [1.29, 1.82) is 0 Å². The average molecular weight is 303 g/mol. The molecule has 0 spiro atoms. The Labute approximate surface area is 129 Å². The van der Waals surface area contributed by atoms with E-state index in [1.165, 1.54) is 0 Å². The smallest absolute Gasteiger partial charge is 0.223 e. The molecule has 118 valence electrons. The van der Waals surface area contributed by atoms with Gasteiger partial charge in [0.05, 0.1) is 20.0 Å². The number of aliphatic hydroxyl groups is 1. The lowest BCUT2D eigenvalue weighted by Gasteiger charge is -2.22. The van der Waals surface area contributed by atoms with Gasteiger partial charge in [0.1, 0.15) is 5.75 Å². The normalized spacial score (nSPS) is 10.5. The number of benzene rings is 1.